The molecule has 3 aromatic carbocycles. The van der Waals surface area contributed by atoms with E-state index < -0.39 is 28.5 Å². The van der Waals surface area contributed by atoms with Gasteiger partial charge >= 0.3 is 0 Å². The first kappa shape index (κ1) is 30.7. The summed E-state index contributed by atoms with van der Waals surface area (Å²) < 4.78 is 29.6. The minimum atomic E-state index is -4.13. The predicted octanol–water partition coefficient (Wildman–Crippen LogP) is 5.80. The van der Waals surface area contributed by atoms with Crippen LogP contribution >= 0.6 is 27.5 Å². The largest absolute Gasteiger partial charge is 0.354 e. The van der Waals surface area contributed by atoms with Gasteiger partial charge in [-0.2, -0.15) is 0 Å². The lowest BCUT2D eigenvalue weighted by Gasteiger charge is -2.32. The van der Waals surface area contributed by atoms with Crippen LogP contribution in [0, 0.1) is 12.8 Å². The normalized spacial score (nSPS) is 12.2. The lowest BCUT2D eigenvalue weighted by Crippen LogP contribution is -2.51. The summed E-state index contributed by atoms with van der Waals surface area (Å²) in [6.45, 7) is 7.42. The third-order valence-corrected chi connectivity index (χ3v) is 8.63. The number of sulfonamides is 1. The summed E-state index contributed by atoms with van der Waals surface area (Å²) in [5.74, 6) is -0.599. The van der Waals surface area contributed by atoms with Gasteiger partial charge in [-0.3, -0.25) is 13.9 Å². The second-order valence-electron chi connectivity index (χ2n) is 9.72. The van der Waals surface area contributed by atoms with Crippen molar-refractivity contribution in [2.75, 3.05) is 17.4 Å². The van der Waals surface area contributed by atoms with Crippen LogP contribution in [0.2, 0.25) is 5.02 Å². The van der Waals surface area contributed by atoms with E-state index >= 15 is 0 Å². The Morgan fingerprint density at radius 3 is 2.28 bits per heavy atom. The van der Waals surface area contributed by atoms with Crippen LogP contribution in [0.4, 0.5) is 5.69 Å². The highest BCUT2D eigenvalue weighted by Crippen LogP contribution is 2.29. The Labute approximate surface area is 244 Å². The van der Waals surface area contributed by atoms with Crippen molar-refractivity contribution in [2.24, 2.45) is 5.92 Å². The Balaban J connectivity index is 2.03. The van der Waals surface area contributed by atoms with Gasteiger partial charge in [-0.1, -0.05) is 71.7 Å². The van der Waals surface area contributed by atoms with Crippen molar-refractivity contribution in [3.05, 3.63) is 93.4 Å². The molecule has 39 heavy (non-hydrogen) atoms. The molecule has 3 aromatic rings. The Bertz CT molecular complexity index is 1420. The van der Waals surface area contributed by atoms with E-state index in [0.717, 1.165) is 14.3 Å². The van der Waals surface area contributed by atoms with E-state index in [9.17, 15) is 18.0 Å². The predicted molar refractivity (Wildman–Crippen MR) is 159 cm³/mol. The van der Waals surface area contributed by atoms with E-state index in [1.807, 2.05) is 38.1 Å². The highest BCUT2D eigenvalue weighted by Gasteiger charge is 2.33. The van der Waals surface area contributed by atoms with Gasteiger partial charge in [0.2, 0.25) is 11.8 Å². The van der Waals surface area contributed by atoms with Crippen molar-refractivity contribution in [3.63, 3.8) is 0 Å². The number of aryl methyl sites for hydroxylation is 1. The minimum absolute atomic E-state index is 0.0495. The summed E-state index contributed by atoms with van der Waals surface area (Å²) in [7, 11) is -4.13. The van der Waals surface area contributed by atoms with Crippen LogP contribution in [-0.2, 0) is 26.2 Å². The molecule has 7 nitrogen and oxygen atoms in total. The van der Waals surface area contributed by atoms with E-state index in [-0.39, 0.29) is 23.3 Å². The summed E-state index contributed by atoms with van der Waals surface area (Å²) in [5, 5.41) is 3.33. The highest BCUT2D eigenvalue weighted by atomic mass is 79.9. The molecule has 0 saturated heterocycles. The van der Waals surface area contributed by atoms with Gasteiger partial charge in [0.05, 0.1) is 10.6 Å². The Morgan fingerprint density at radius 1 is 0.974 bits per heavy atom. The number of carbonyl (C=O) groups is 2. The zero-order valence-corrected chi connectivity index (χ0v) is 25.6. The SMILES string of the molecule is Cc1cc(Cl)ccc1N(CC(=O)N(Cc1cccc(Br)c1)[C@@H](C)C(=O)NCC(C)C)S(=O)(=O)c1ccccc1. The van der Waals surface area contributed by atoms with Crippen LogP contribution < -0.4 is 9.62 Å². The van der Waals surface area contributed by atoms with Crippen LogP contribution in [0.15, 0.2) is 82.2 Å². The van der Waals surface area contributed by atoms with E-state index in [4.69, 9.17) is 11.6 Å². The van der Waals surface area contributed by atoms with Gasteiger partial charge < -0.3 is 10.2 Å². The van der Waals surface area contributed by atoms with E-state index in [1.54, 1.807) is 50.2 Å². The standard InChI is InChI=1S/C29H33BrClN3O4S/c1-20(2)17-32-29(36)22(4)33(18-23-9-8-10-24(30)16-23)28(35)19-34(27-14-13-25(31)15-21(27)3)39(37,38)26-11-6-5-7-12-26/h5-16,20,22H,17-19H2,1-4H3,(H,32,36)/t22-/m0/s1. The smallest absolute Gasteiger partial charge is 0.264 e. The molecule has 0 aliphatic carbocycles. The molecule has 208 valence electrons. The summed E-state index contributed by atoms with van der Waals surface area (Å²) >= 11 is 9.60. The van der Waals surface area contributed by atoms with Crippen molar-refractivity contribution in [1.29, 1.82) is 0 Å². The van der Waals surface area contributed by atoms with Crippen molar-refractivity contribution in [2.45, 2.75) is 45.2 Å². The van der Waals surface area contributed by atoms with Gasteiger partial charge in [0.15, 0.2) is 0 Å². The number of anilines is 1. The fourth-order valence-corrected chi connectivity index (χ4v) is 6.17. The second-order valence-corrected chi connectivity index (χ2v) is 12.9. The third-order valence-electron chi connectivity index (χ3n) is 6.13. The zero-order chi connectivity index (χ0) is 28.7. The van der Waals surface area contributed by atoms with Gasteiger partial charge in [-0.25, -0.2) is 8.42 Å². The molecule has 1 atom stereocenters. The van der Waals surface area contributed by atoms with Crippen molar-refractivity contribution in [1.82, 2.24) is 10.2 Å². The Kier molecular flexibility index (Phi) is 10.6. The molecule has 0 radical (unpaired) electrons. The number of nitrogens with one attached hydrogen (secondary N) is 1. The molecule has 0 saturated carbocycles. The lowest BCUT2D eigenvalue weighted by atomic mass is 10.1. The van der Waals surface area contributed by atoms with Crippen molar-refractivity contribution >= 4 is 55.1 Å². The number of carbonyl (C=O) groups excluding carboxylic acids is 2. The highest BCUT2D eigenvalue weighted by molar-refractivity contribution is 9.10. The summed E-state index contributed by atoms with van der Waals surface area (Å²) in [5.41, 5.74) is 1.72. The monoisotopic (exact) mass is 633 g/mol. The van der Waals surface area contributed by atoms with Gasteiger partial charge in [-0.15, -0.1) is 0 Å². The topological polar surface area (TPSA) is 86.8 Å². The van der Waals surface area contributed by atoms with Crippen molar-refractivity contribution in [3.8, 4) is 0 Å². The Hall–Kier alpha value is -2.88. The molecule has 0 aromatic heterocycles. The molecule has 10 heteroatoms. The number of hydrogen-bond acceptors (Lipinski definition) is 4. The summed E-state index contributed by atoms with van der Waals surface area (Å²) in [6.07, 6.45) is 0. The van der Waals surface area contributed by atoms with Gasteiger partial charge in [-0.05, 0) is 73.4 Å². The molecular formula is C29H33BrClN3O4S. The summed E-state index contributed by atoms with van der Waals surface area (Å²) in [6, 6.07) is 19.3. The average Bonchev–Trinajstić information content (AvgIpc) is 2.89. The molecule has 0 bridgehead atoms. The first-order valence-corrected chi connectivity index (χ1v) is 15.2. The molecule has 0 heterocycles. The first-order valence-electron chi connectivity index (χ1n) is 12.6. The van der Waals surface area contributed by atoms with Gasteiger partial charge in [0.1, 0.15) is 12.6 Å². The molecule has 0 unspecified atom stereocenters. The molecule has 0 fully saturated rings. The Morgan fingerprint density at radius 2 is 1.67 bits per heavy atom. The van der Waals surface area contributed by atoms with Gasteiger partial charge in [0.25, 0.3) is 10.0 Å². The van der Waals surface area contributed by atoms with Crippen molar-refractivity contribution < 1.29 is 18.0 Å². The maximum absolute atomic E-state index is 14.0. The fourth-order valence-electron chi connectivity index (χ4n) is 4.00. The molecule has 0 spiro atoms. The molecule has 1 N–H and O–H groups in total. The van der Waals surface area contributed by atoms with E-state index in [0.29, 0.717) is 22.8 Å². The molecule has 0 aliphatic heterocycles. The number of amides is 2. The lowest BCUT2D eigenvalue weighted by molar-refractivity contribution is -0.139. The number of benzene rings is 3. The number of hydrogen-bond donors (Lipinski definition) is 1. The van der Waals surface area contributed by atoms with Gasteiger partial charge in [0, 0.05) is 22.6 Å². The second kappa shape index (κ2) is 13.5. The van der Waals surface area contributed by atoms with Crippen LogP contribution in [0.5, 0.6) is 0 Å². The fraction of sp³-hybridized carbons (Fsp3) is 0.310. The summed E-state index contributed by atoms with van der Waals surface area (Å²) in [4.78, 5) is 28.5. The van der Waals surface area contributed by atoms with Crippen LogP contribution in [0.25, 0.3) is 0 Å². The van der Waals surface area contributed by atoms with E-state index in [2.05, 4.69) is 21.2 Å². The average molecular weight is 635 g/mol. The van der Waals surface area contributed by atoms with Crippen LogP contribution in [-0.4, -0.2) is 44.3 Å². The molecule has 3 rings (SSSR count). The molecule has 0 aliphatic rings. The first-order chi connectivity index (χ1) is 18.4. The zero-order valence-electron chi connectivity index (χ0n) is 22.4. The number of nitrogens with zero attached hydrogens (tertiary/aromatic N) is 2. The molecular weight excluding hydrogens is 602 g/mol. The number of halogens is 2. The van der Waals surface area contributed by atoms with Crippen LogP contribution in [0.3, 0.4) is 0 Å². The third kappa shape index (κ3) is 8.06. The maximum Gasteiger partial charge on any atom is 0.264 e. The van der Waals surface area contributed by atoms with Crippen LogP contribution in [0.1, 0.15) is 31.9 Å². The minimum Gasteiger partial charge on any atom is -0.354 e. The maximum atomic E-state index is 14.0. The van der Waals surface area contributed by atoms with E-state index in [1.165, 1.54) is 17.0 Å². The number of rotatable bonds is 11. The quantitative estimate of drug-likeness (QED) is 0.289. The molecule has 2 amide bonds.